The maximum Gasteiger partial charge on any atom is 0.410 e. The van der Waals surface area contributed by atoms with Crippen LogP contribution in [0.15, 0.2) is 48.7 Å². The van der Waals surface area contributed by atoms with Crippen molar-refractivity contribution in [2.45, 2.75) is 45.8 Å². The Morgan fingerprint density at radius 3 is 2.55 bits per heavy atom. The smallest absolute Gasteiger partial charge is 0.410 e. The SMILES string of the molecule is Cc1ncc(C(Cc2ccc(C#N)c(Oc3cccc(OCCO)c3)c2)N2CCN(C(=O)OC(C)(C)C)CC2)[nH]1. The van der Waals surface area contributed by atoms with Crippen molar-refractivity contribution in [3.05, 3.63) is 71.3 Å². The standard InChI is InChI=1S/C30H37N5O5/c1-21-32-20-26(33-21)27(34-10-12-35(13-11-34)29(37)40-30(2,3)4)16-22-8-9-23(19-31)28(17-22)39-25-7-5-6-24(18-25)38-15-14-36/h5-9,17-18,20,27,36H,10-16H2,1-4H3,(H,32,33). The molecular formula is C30H37N5O5. The number of amides is 1. The molecule has 0 bridgehead atoms. The van der Waals surface area contributed by atoms with Crippen LogP contribution in [-0.4, -0.2) is 76.0 Å². The van der Waals surface area contributed by atoms with Crippen LogP contribution in [-0.2, 0) is 11.2 Å². The quantitative estimate of drug-likeness (QED) is 0.399. The molecule has 2 aromatic carbocycles. The zero-order valence-corrected chi connectivity index (χ0v) is 23.5. The topological polar surface area (TPSA) is 124 Å². The van der Waals surface area contributed by atoms with Crippen LogP contribution in [0, 0.1) is 18.3 Å². The number of imidazole rings is 1. The van der Waals surface area contributed by atoms with E-state index in [2.05, 4.69) is 20.9 Å². The first-order chi connectivity index (χ1) is 19.1. The number of benzene rings is 2. The van der Waals surface area contributed by atoms with Gasteiger partial charge in [0.15, 0.2) is 0 Å². The number of aromatic nitrogens is 2. The number of aliphatic hydroxyl groups is 1. The molecule has 212 valence electrons. The van der Waals surface area contributed by atoms with Gasteiger partial charge in [0.25, 0.3) is 0 Å². The summed E-state index contributed by atoms with van der Waals surface area (Å²) in [5.41, 5.74) is 1.87. The number of piperazine rings is 1. The lowest BCUT2D eigenvalue weighted by atomic mass is 9.99. The number of aryl methyl sites for hydroxylation is 1. The zero-order valence-electron chi connectivity index (χ0n) is 23.5. The van der Waals surface area contributed by atoms with Crippen LogP contribution >= 0.6 is 0 Å². The van der Waals surface area contributed by atoms with Gasteiger partial charge in [0.05, 0.1) is 23.9 Å². The van der Waals surface area contributed by atoms with Crippen molar-refractivity contribution in [2.24, 2.45) is 0 Å². The summed E-state index contributed by atoms with van der Waals surface area (Å²) in [4.78, 5) is 24.5. The number of nitriles is 1. The Labute approximate surface area is 235 Å². The van der Waals surface area contributed by atoms with E-state index in [0.29, 0.717) is 55.4 Å². The molecule has 4 rings (SSSR count). The maximum absolute atomic E-state index is 12.6. The van der Waals surface area contributed by atoms with Crippen molar-refractivity contribution < 1.29 is 24.1 Å². The van der Waals surface area contributed by atoms with Crippen LogP contribution in [0.25, 0.3) is 0 Å². The number of ether oxygens (including phenoxy) is 3. The van der Waals surface area contributed by atoms with Crippen molar-refractivity contribution in [2.75, 3.05) is 39.4 Å². The molecule has 0 radical (unpaired) electrons. The summed E-state index contributed by atoms with van der Waals surface area (Å²) < 4.78 is 17.2. The van der Waals surface area contributed by atoms with Gasteiger partial charge in [-0.15, -0.1) is 0 Å². The van der Waals surface area contributed by atoms with Gasteiger partial charge in [0, 0.05) is 38.4 Å². The second-order valence-corrected chi connectivity index (χ2v) is 10.7. The van der Waals surface area contributed by atoms with Crippen LogP contribution in [0.3, 0.4) is 0 Å². The number of aliphatic hydroxyl groups excluding tert-OH is 1. The minimum atomic E-state index is -0.534. The van der Waals surface area contributed by atoms with E-state index < -0.39 is 5.60 Å². The summed E-state index contributed by atoms with van der Waals surface area (Å²) in [5, 5.41) is 18.8. The highest BCUT2D eigenvalue weighted by molar-refractivity contribution is 5.68. The maximum atomic E-state index is 12.6. The molecule has 2 heterocycles. The van der Waals surface area contributed by atoms with Crippen LogP contribution in [0.1, 0.15) is 49.5 Å². The number of rotatable bonds is 9. The largest absolute Gasteiger partial charge is 0.491 e. The Hall–Kier alpha value is -4.07. The van der Waals surface area contributed by atoms with Gasteiger partial charge >= 0.3 is 6.09 Å². The van der Waals surface area contributed by atoms with Crippen LogP contribution < -0.4 is 9.47 Å². The second-order valence-electron chi connectivity index (χ2n) is 10.7. The fourth-order valence-electron chi connectivity index (χ4n) is 4.60. The van der Waals surface area contributed by atoms with Crippen molar-refractivity contribution in [1.29, 1.82) is 5.26 Å². The molecule has 40 heavy (non-hydrogen) atoms. The Morgan fingerprint density at radius 1 is 1.15 bits per heavy atom. The Balaban J connectivity index is 1.52. The highest BCUT2D eigenvalue weighted by Crippen LogP contribution is 2.32. The number of carbonyl (C=O) groups excluding carboxylic acids is 1. The van der Waals surface area contributed by atoms with Gasteiger partial charge in [-0.05, 0) is 63.9 Å². The lowest BCUT2D eigenvalue weighted by molar-refractivity contribution is 0.00997. The average molecular weight is 548 g/mol. The van der Waals surface area contributed by atoms with Crippen LogP contribution in [0.2, 0.25) is 0 Å². The van der Waals surface area contributed by atoms with Crippen LogP contribution in [0.5, 0.6) is 17.2 Å². The van der Waals surface area contributed by atoms with Crippen LogP contribution in [0.4, 0.5) is 4.79 Å². The fraction of sp³-hybridized carbons (Fsp3) is 0.433. The molecule has 10 heteroatoms. The molecule has 1 aliphatic heterocycles. The fourth-order valence-corrected chi connectivity index (χ4v) is 4.60. The molecule has 1 saturated heterocycles. The van der Waals surface area contributed by atoms with Gasteiger partial charge in [-0.1, -0.05) is 12.1 Å². The zero-order chi connectivity index (χ0) is 28.7. The number of aromatic amines is 1. The molecular weight excluding hydrogens is 510 g/mol. The minimum absolute atomic E-state index is 0.0158. The molecule has 1 fully saturated rings. The highest BCUT2D eigenvalue weighted by atomic mass is 16.6. The summed E-state index contributed by atoms with van der Waals surface area (Å²) in [7, 11) is 0. The molecule has 1 atom stereocenters. The third-order valence-electron chi connectivity index (χ3n) is 6.48. The first-order valence-electron chi connectivity index (χ1n) is 13.4. The molecule has 0 spiro atoms. The van der Waals surface area contributed by atoms with Crippen molar-refractivity contribution in [1.82, 2.24) is 19.8 Å². The van der Waals surface area contributed by atoms with Crippen molar-refractivity contribution in [3.8, 4) is 23.3 Å². The van der Waals surface area contributed by atoms with Crippen molar-refractivity contribution in [3.63, 3.8) is 0 Å². The summed E-state index contributed by atoms with van der Waals surface area (Å²) in [5.74, 6) is 2.39. The number of hydrogen-bond acceptors (Lipinski definition) is 8. The first kappa shape index (κ1) is 28.9. The van der Waals surface area contributed by atoms with E-state index in [4.69, 9.17) is 19.3 Å². The van der Waals surface area contributed by atoms with Crippen molar-refractivity contribution >= 4 is 6.09 Å². The second kappa shape index (κ2) is 12.9. The Kier molecular flexibility index (Phi) is 9.30. The predicted octanol–water partition coefficient (Wildman–Crippen LogP) is 4.59. The van der Waals surface area contributed by atoms with Gasteiger partial charge < -0.3 is 29.2 Å². The third kappa shape index (κ3) is 7.74. The van der Waals surface area contributed by atoms with Gasteiger partial charge in [-0.3, -0.25) is 4.90 Å². The number of nitrogens with zero attached hydrogens (tertiary/aromatic N) is 4. The Bertz CT molecular complexity index is 1330. The molecule has 3 aromatic rings. The monoisotopic (exact) mass is 547 g/mol. The normalized spacial score (nSPS) is 14.8. The summed E-state index contributed by atoms with van der Waals surface area (Å²) in [6.07, 6.45) is 2.22. The minimum Gasteiger partial charge on any atom is -0.491 e. The average Bonchev–Trinajstić information content (AvgIpc) is 3.36. The highest BCUT2D eigenvalue weighted by Gasteiger charge is 2.30. The first-order valence-corrected chi connectivity index (χ1v) is 13.4. The van der Waals surface area contributed by atoms with Gasteiger partial charge in [-0.25, -0.2) is 9.78 Å². The lowest BCUT2D eigenvalue weighted by Crippen LogP contribution is -2.51. The third-order valence-corrected chi connectivity index (χ3v) is 6.48. The number of carbonyl (C=O) groups is 1. The molecule has 2 N–H and O–H groups in total. The summed E-state index contributed by atoms with van der Waals surface area (Å²) in [6.45, 7) is 10.1. The number of hydrogen-bond donors (Lipinski definition) is 2. The molecule has 10 nitrogen and oxygen atoms in total. The molecule has 0 aliphatic carbocycles. The van der Waals surface area contributed by atoms with E-state index in [0.717, 1.165) is 17.1 Å². The molecule has 1 amide bonds. The van der Waals surface area contributed by atoms with E-state index in [1.54, 1.807) is 35.2 Å². The van der Waals surface area contributed by atoms with Gasteiger partial charge in [0.2, 0.25) is 0 Å². The number of nitrogens with one attached hydrogen (secondary N) is 1. The van der Waals surface area contributed by atoms with E-state index in [1.165, 1.54) is 0 Å². The van der Waals surface area contributed by atoms with E-state index in [9.17, 15) is 10.1 Å². The molecule has 1 aliphatic rings. The predicted molar refractivity (Wildman–Crippen MR) is 149 cm³/mol. The van der Waals surface area contributed by atoms with Gasteiger partial charge in [-0.2, -0.15) is 5.26 Å². The molecule has 0 saturated carbocycles. The van der Waals surface area contributed by atoms with E-state index in [1.807, 2.05) is 46.0 Å². The molecule has 1 unspecified atom stereocenters. The van der Waals surface area contributed by atoms with E-state index >= 15 is 0 Å². The van der Waals surface area contributed by atoms with E-state index in [-0.39, 0.29) is 25.3 Å². The van der Waals surface area contributed by atoms with Gasteiger partial charge in [0.1, 0.15) is 41.4 Å². The summed E-state index contributed by atoms with van der Waals surface area (Å²) >= 11 is 0. The summed E-state index contributed by atoms with van der Waals surface area (Å²) in [6, 6.07) is 14.9. The lowest BCUT2D eigenvalue weighted by Gasteiger charge is -2.39. The number of H-pyrrole nitrogens is 1. The Morgan fingerprint density at radius 2 is 1.90 bits per heavy atom. The molecule has 1 aromatic heterocycles.